The SMILES string of the molecule is O=C(CNC(=O)c1ccc(OC(F)(F)F)cc1)NC1CC1. The lowest BCUT2D eigenvalue weighted by Crippen LogP contribution is -2.37. The van der Waals surface area contributed by atoms with Gasteiger partial charge in [-0.2, -0.15) is 0 Å². The Balaban J connectivity index is 1.82. The van der Waals surface area contributed by atoms with Gasteiger partial charge in [-0.15, -0.1) is 13.2 Å². The zero-order valence-corrected chi connectivity index (χ0v) is 10.9. The van der Waals surface area contributed by atoms with E-state index in [0.29, 0.717) is 0 Å². The average Bonchev–Trinajstić information content (AvgIpc) is 3.19. The number of amides is 2. The van der Waals surface area contributed by atoms with Gasteiger partial charge in [0, 0.05) is 11.6 Å². The van der Waals surface area contributed by atoms with Crippen molar-refractivity contribution in [3.63, 3.8) is 0 Å². The van der Waals surface area contributed by atoms with Crippen LogP contribution >= 0.6 is 0 Å². The van der Waals surface area contributed by atoms with Crippen molar-refractivity contribution in [2.45, 2.75) is 25.2 Å². The van der Waals surface area contributed by atoms with Crippen LogP contribution in [0.4, 0.5) is 13.2 Å². The van der Waals surface area contributed by atoms with Crippen LogP contribution in [0.15, 0.2) is 24.3 Å². The first kappa shape index (κ1) is 15.1. The molecule has 5 nitrogen and oxygen atoms in total. The molecule has 1 aliphatic carbocycles. The van der Waals surface area contributed by atoms with Crippen molar-refractivity contribution in [2.75, 3.05) is 6.54 Å². The molecule has 0 bridgehead atoms. The van der Waals surface area contributed by atoms with E-state index in [1.54, 1.807) is 0 Å². The third kappa shape index (κ3) is 5.33. The number of benzene rings is 1. The van der Waals surface area contributed by atoms with Crippen molar-refractivity contribution >= 4 is 11.8 Å². The van der Waals surface area contributed by atoms with Crippen molar-refractivity contribution in [3.8, 4) is 5.75 Å². The number of rotatable bonds is 5. The Labute approximate surface area is 118 Å². The summed E-state index contributed by atoms with van der Waals surface area (Å²) in [5.41, 5.74) is 0.142. The molecule has 1 fully saturated rings. The zero-order chi connectivity index (χ0) is 15.5. The van der Waals surface area contributed by atoms with E-state index < -0.39 is 18.0 Å². The summed E-state index contributed by atoms with van der Waals surface area (Å²) in [6.07, 6.45) is -2.88. The fraction of sp³-hybridized carbons (Fsp3) is 0.385. The van der Waals surface area contributed by atoms with E-state index >= 15 is 0 Å². The van der Waals surface area contributed by atoms with E-state index in [1.165, 1.54) is 12.1 Å². The van der Waals surface area contributed by atoms with Gasteiger partial charge in [0.15, 0.2) is 0 Å². The first-order chi connectivity index (χ1) is 9.83. The number of nitrogens with one attached hydrogen (secondary N) is 2. The van der Waals surface area contributed by atoms with E-state index in [2.05, 4.69) is 15.4 Å². The number of ether oxygens (including phenoxy) is 1. The van der Waals surface area contributed by atoms with Crippen LogP contribution in [-0.4, -0.2) is 30.8 Å². The van der Waals surface area contributed by atoms with E-state index in [-0.39, 0.29) is 24.1 Å². The Morgan fingerprint density at radius 3 is 2.33 bits per heavy atom. The van der Waals surface area contributed by atoms with Crippen molar-refractivity contribution in [3.05, 3.63) is 29.8 Å². The average molecular weight is 302 g/mol. The van der Waals surface area contributed by atoms with E-state index in [0.717, 1.165) is 25.0 Å². The molecule has 1 aromatic rings. The minimum absolute atomic E-state index is 0.142. The van der Waals surface area contributed by atoms with Crippen LogP contribution in [0.2, 0.25) is 0 Å². The van der Waals surface area contributed by atoms with Crippen molar-refractivity contribution in [1.82, 2.24) is 10.6 Å². The Kier molecular flexibility index (Phi) is 4.35. The zero-order valence-electron chi connectivity index (χ0n) is 10.9. The van der Waals surface area contributed by atoms with Crippen LogP contribution in [0.25, 0.3) is 0 Å². The quantitative estimate of drug-likeness (QED) is 0.868. The number of hydrogen-bond acceptors (Lipinski definition) is 3. The summed E-state index contributed by atoms with van der Waals surface area (Å²) < 4.78 is 39.6. The highest BCUT2D eigenvalue weighted by Crippen LogP contribution is 2.22. The number of carbonyl (C=O) groups excluding carboxylic acids is 2. The molecule has 0 atom stereocenters. The Bertz CT molecular complexity index is 524. The topological polar surface area (TPSA) is 67.4 Å². The van der Waals surface area contributed by atoms with E-state index in [4.69, 9.17) is 0 Å². The summed E-state index contributed by atoms with van der Waals surface area (Å²) in [5.74, 6) is -1.24. The lowest BCUT2D eigenvalue weighted by atomic mass is 10.2. The standard InChI is InChI=1S/C13H13F3N2O3/c14-13(15,16)21-10-5-1-8(2-6-10)12(20)17-7-11(19)18-9-3-4-9/h1-2,5-6,9H,3-4,7H2,(H,17,20)(H,18,19). The molecule has 0 spiro atoms. The lowest BCUT2D eigenvalue weighted by molar-refractivity contribution is -0.274. The number of alkyl halides is 3. The van der Waals surface area contributed by atoms with Gasteiger partial charge < -0.3 is 15.4 Å². The maximum Gasteiger partial charge on any atom is 0.573 e. The molecule has 0 aromatic heterocycles. The van der Waals surface area contributed by atoms with Crippen LogP contribution in [0.1, 0.15) is 23.2 Å². The highest BCUT2D eigenvalue weighted by Gasteiger charge is 2.31. The van der Waals surface area contributed by atoms with Gasteiger partial charge in [0.1, 0.15) is 5.75 Å². The molecule has 0 radical (unpaired) electrons. The van der Waals surface area contributed by atoms with Gasteiger partial charge >= 0.3 is 6.36 Å². The maximum atomic E-state index is 12.0. The number of carbonyl (C=O) groups is 2. The van der Waals surface area contributed by atoms with Crippen LogP contribution in [0, 0.1) is 0 Å². The molecule has 1 saturated carbocycles. The molecule has 114 valence electrons. The molecule has 0 aliphatic heterocycles. The third-order valence-electron chi connectivity index (χ3n) is 2.70. The van der Waals surface area contributed by atoms with Crippen LogP contribution < -0.4 is 15.4 Å². The lowest BCUT2D eigenvalue weighted by Gasteiger charge is -2.09. The van der Waals surface area contributed by atoms with Gasteiger partial charge in [0.2, 0.25) is 5.91 Å². The van der Waals surface area contributed by atoms with Gasteiger partial charge in [-0.25, -0.2) is 0 Å². The van der Waals surface area contributed by atoms with Crippen molar-refractivity contribution in [1.29, 1.82) is 0 Å². The fourth-order valence-corrected chi connectivity index (χ4v) is 1.58. The monoisotopic (exact) mass is 302 g/mol. The minimum Gasteiger partial charge on any atom is -0.406 e. The number of hydrogen-bond donors (Lipinski definition) is 2. The largest absolute Gasteiger partial charge is 0.573 e. The van der Waals surface area contributed by atoms with E-state index in [1.807, 2.05) is 0 Å². The van der Waals surface area contributed by atoms with Gasteiger partial charge in [-0.05, 0) is 37.1 Å². The predicted octanol–water partition coefficient (Wildman–Crippen LogP) is 1.59. The summed E-state index contributed by atoms with van der Waals surface area (Å²) in [5, 5.41) is 5.08. The second-order valence-electron chi connectivity index (χ2n) is 4.60. The summed E-state index contributed by atoms with van der Waals surface area (Å²) >= 11 is 0. The summed E-state index contributed by atoms with van der Waals surface area (Å²) in [6, 6.07) is 4.65. The molecule has 21 heavy (non-hydrogen) atoms. The first-order valence-corrected chi connectivity index (χ1v) is 6.27. The summed E-state index contributed by atoms with van der Waals surface area (Å²) in [6.45, 7) is -0.171. The molecule has 1 aromatic carbocycles. The van der Waals surface area contributed by atoms with Crippen LogP contribution in [0.3, 0.4) is 0 Å². The molecule has 0 heterocycles. The molecule has 0 saturated heterocycles. The molecular weight excluding hydrogens is 289 g/mol. The minimum atomic E-state index is -4.77. The second kappa shape index (κ2) is 6.02. The summed E-state index contributed by atoms with van der Waals surface area (Å²) in [4.78, 5) is 23.1. The predicted molar refractivity (Wildman–Crippen MR) is 66.6 cm³/mol. The van der Waals surface area contributed by atoms with Crippen molar-refractivity contribution < 1.29 is 27.5 Å². The highest BCUT2D eigenvalue weighted by atomic mass is 19.4. The Morgan fingerprint density at radius 2 is 1.81 bits per heavy atom. The molecule has 8 heteroatoms. The van der Waals surface area contributed by atoms with E-state index in [9.17, 15) is 22.8 Å². The normalized spacial score (nSPS) is 14.4. The van der Waals surface area contributed by atoms with Gasteiger partial charge in [0.25, 0.3) is 5.91 Å². The second-order valence-corrected chi connectivity index (χ2v) is 4.60. The van der Waals surface area contributed by atoms with Gasteiger partial charge in [-0.3, -0.25) is 9.59 Å². The molecule has 2 N–H and O–H groups in total. The number of halogens is 3. The fourth-order valence-electron chi connectivity index (χ4n) is 1.58. The van der Waals surface area contributed by atoms with Crippen LogP contribution in [0.5, 0.6) is 5.75 Å². The Morgan fingerprint density at radius 1 is 1.19 bits per heavy atom. The summed E-state index contributed by atoms with van der Waals surface area (Å²) in [7, 11) is 0. The van der Waals surface area contributed by atoms with Crippen molar-refractivity contribution in [2.24, 2.45) is 0 Å². The molecule has 2 amide bonds. The molecular formula is C13H13F3N2O3. The first-order valence-electron chi connectivity index (χ1n) is 6.27. The maximum absolute atomic E-state index is 12.0. The van der Waals surface area contributed by atoms with Crippen LogP contribution in [-0.2, 0) is 4.79 Å². The molecule has 0 unspecified atom stereocenters. The third-order valence-corrected chi connectivity index (χ3v) is 2.70. The molecule has 2 rings (SSSR count). The smallest absolute Gasteiger partial charge is 0.406 e. The molecule has 1 aliphatic rings. The highest BCUT2D eigenvalue weighted by molar-refractivity contribution is 5.96. The van der Waals surface area contributed by atoms with Gasteiger partial charge in [-0.1, -0.05) is 0 Å². The van der Waals surface area contributed by atoms with Gasteiger partial charge in [0.05, 0.1) is 6.54 Å². The Hall–Kier alpha value is -2.25.